The predicted octanol–water partition coefficient (Wildman–Crippen LogP) is 3.59. The molecule has 1 saturated heterocycles. The monoisotopic (exact) mass is 466 g/mol. The number of carbonyl (C=O) groups is 4. The van der Waals surface area contributed by atoms with Crippen LogP contribution in [0.4, 0.5) is 5.69 Å². The van der Waals surface area contributed by atoms with Crippen molar-refractivity contribution in [1.82, 2.24) is 4.90 Å². The number of amides is 3. The fourth-order valence-electron chi connectivity index (χ4n) is 6.19. The van der Waals surface area contributed by atoms with E-state index in [4.69, 9.17) is 0 Å². The molecule has 7 heteroatoms. The van der Waals surface area contributed by atoms with Crippen LogP contribution in [-0.4, -0.2) is 40.4 Å². The first-order chi connectivity index (χ1) is 16.9. The quantitative estimate of drug-likeness (QED) is 0.593. The van der Waals surface area contributed by atoms with E-state index in [1.54, 1.807) is 6.07 Å². The average molecular weight is 466 g/mol. The smallest absolute Gasteiger partial charge is 0.335 e. The Morgan fingerprint density at radius 1 is 0.800 bits per heavy atom. The molecular weight excluding hydrogens is 444 g/mol. The van der Waals surface area contributed by atoms with Gasteiger partial charge in [-0.05, 0) is 40.5 Å². The molecule has 0 spiro atoms. The van der Waals surface area contributed by atoms with Crippen LogP contribution in [0.15, 0.2) is 72.8 Å². The number of aromatic carboxylic acids is 1. The second kappa shape index (κ2) is 7.63. The van der Waals surface area contributed by atoms with Gasteiger partial charge in [0.2, 0.25) is 17.7 Å². The fourth-order valence-corrected chi connectivity index (χ4v) is 6.19. The number of hydrogen-bond donors (Lipinski definition) is 1. The summed E-state index contributed by atoms with van der Waals surface area (Å²) in [6.45, 7) is 1.08. The molecule has 2 bridgehead atoms. The third-order valence-corrected chi connectivity index (χ3v) is 7.61. The zero-order valence-electron chi connectivity index (χ0n) is 18.9. The normalized spacial score (nSPS) is 23.5. The Morgan fingerprint density at radius 2 is 1.29 bits per heavy atom. The Balaban J connectivity index is 1.41. The molecule has 1 aliphatic heterocycles. The molecule has 3 aliphatic carbocycles. The number of benzene rings is 3. The maximum absolute atomic E-state index is 13.8. The van der Waals surface area contributed by atoms with Crippen LogP contribution in [0.3, 0.4) is 0 Å². The molecule has 7 rings (SSSR count). The van der Waals surface area contributed by atoms with Crippen LogP contribution in [0, 0.1) is 11.8 Å². The van der Waals surface area contributed by atoms with Crippen molar-refractivity contribution in [2.45, 2.75) is 18.8 Å². The number of anilines is 1. The van der Waals surface area contributed by atoms with E-state index < -0.39 is 23.7 Å². The van der Waals surface area contributed by atoms with E-state index in [2.05, 4.69) is 0 Å². The zero-order chi connectivity index (χ0) is 24.4. The van der Waals surface area contributed by atoms with Crippen LogP contribution in [0.5, 0.6) is 0 Å². The van der Waals surface area contributed by atoms with Gasteiger partial charge in [-0.25, -0.2) is 4.79 Å². The van der Waals surface area contributed by atoms with Crippen molar-refractivity contribution in [3.63, 3.8) is 0 Å². The van der Waals surface area contributed by atoms with Crippen molar-refractivity contribution in [1.29, 1.82) is 0 Å². The molecule has 1 N–H and O–H groups in total. The SMILES string of the molecule is CC(=O)N(CN1C(=O)C2C3c4ccccc4C(c4ccccc43)C2C1=O)c1cccc(C(=O)O)c1. The molecule has 3 aromatic carbocycles. The lowest BCUT2D eigenvalue weighted by Crippen LogP contribution is -2.44. The number of carboxylic acids is 1. The first-order valence-corrected chi connectivity index (χ1v) is 11.5. The van der Waals surface area contributed by atoms with Crippen LogP contribution < -0.4 is 4.90 Å². The molecule has 0 aromatic heterocycles. The average Bonchev–Trinajstić information content (AvgIpc) is 3.12. The number of rotatable bonds is 4. The third kappa shape index (κ3) is 2.97. The molecule has 7 nitrogen and oxygen atoms in total. The van der Waals surface area contributed by atoms with Gasteiger partial charge in [0.05, 0.1) is 17.4 Å². The summed E-state index contributed by atoms with van der Waals surface area (Å²) >= 11 is 0. The summed E-state index contributed by atoms with van der Waals surface area (Å²) in [6.07, 6.45) is 0. The fraction of sp³-hybridized carbons (Fsp3) is 0.214. The zero-order valence-corrected chi connectivity index (χ0v) is 18.9. The molecule has 174 valence electrons. The summed E-state index contributed by atoms with van der Waals surface area (Å²) in [7, 11) is 0. The predicted molar refractivity (Wildman–Crippen MR) is 127 cm³/mol. The van der Waals surface area contributed by atoms with Gasteiger partial charge in [0, 0.05) is 24.4 Å². The Labute approximate surface area is 201 Å². The van der Waals surface area contributed by atoms with E-state index in [9.17, 15) is 24.3 Å². The lowest BCUT2D eigenvalue weighted by atomic mass is 9.55. The van der Waals surface area contributed by atoms with E-state index >= 15 is 0 Å². The Hall–Kier alpha value is -4.26. The maximum Gasteiger partial charge on any atom is 0.335 e. The Bertz CT molecular complexity index is 1310. The Morgan fingerprint density at radius 3 is 1.71 bits per heavy atom. The lowest BCUT2D eigenvalue weighted by molar-refractivity contribution is -0.140. The minimum Gasteiger partial charge on any atom is -0.478 e. The van der Waals surface area contributed by atoms with Gasteiger partial charge in [0.1, 0.15) is 6.67 Å². The molecule has 2 atom stereocenters. The molecule has 35 heavy (non-hydrogen) atoms. The highest BCUT2D eigenvalue weighted by atomic mass is 16.4. The second-order valence-electron chi connectivity index (χ2n) is 9.31. The van der Waals surface area contributed by atoms with Gasteiger partial charge in [0.25, 0.3) is 0 Å². The summed E-state index contributed by atoms with van der Waals surface area (Å²) in [5.74, 6) is -3.61. The summed E-state index contributed by atoms with van der Waals surface area (Å²) in [5.41, 5.74) is 4.67. The highest BCUT2D eigenvalue weighted by molar-refractivity contribution is 6.08. The Kier molecular flexibility index (Phi) is 4.64. The summed E-state index contributed by atoms with van der Waals surface area (Å²) < 4.78 is 0. The number of carbonyl (C=O) groups excluding carboxylic acids is 3. The first kappa shape index (κ1) is 21.3. The van der Waals surface area contributed by atoms with Crippen LogP contribution >= 0.6 is 0 Å². The molecule has 0 saturated carbocycles. The van der Waals surface area contributed by atoms with Crippen LogP contribution in [0.2, 0.25) is 0 Å². The molecule has 1 fully saturated rings. The lowest BCUT2D eigenvalue weighted by Gasteiger charge is -2.45. The highest BCUT2D eigenvalue weighted by Gasteiger charge is 2.61. The van der Waals surface area contributed by atoms with Crippen molar-refractivity contribution >= 4 is 29.4 Å². The van der Waals surface area contributed by atoms with Gasteiger partial charge in [-0.2, -0.15) is 0 Å². The van der Waals surface area contributed by atoms with E-state index in [1.165, 1.54) is 34.9 Å². The van der Waals surface area contributed by atoms with Crippen molar-refractivity contribution < 1.29 is 24.3 Å². The van der Waals surface area contributed by atoms with Crippen molar-refractivity contribution in [3.8, 4) is 0 Å². The minimum absolute atomic E-state index is 0.0189. The van der Waals surface area contributed by atoms with Crippen molar-refractivity contribution in [2.75, 3.05) is 11.6 Å². The number of carboxylic acid groups (broad SMARTS) is 1. The van der Waals surface area contributed by atoms with Crippen molar-refractivity contribution in [2.24, 2.45) is 11.8 Å². The standard InChI is InChI=1S/C28H22N2O5/c1-15(31)29(17-8-6-7-16(13-17)28(34)35)14-30-26(32)24-22-18-9-2-3-10-19(18)23(25(24)27(30)33)21-12-5-4-11-20(21)22/h2-13,22-25H,14H2,1H3,(H,34,35). The van der Waals surface area contributed by atoms with Gasteiger partial charge in [-0.15, -0.1) is 0 Å². The summed E-state index contributed by atoms with van der Waals surface area (Å²) in [4.78, 5) is 54.1. The molecule has 1 heterocycles. The number of hydrogen-bond acceptors (Lipinski definition) is 4. The summed E-state index contributed by atoms with van der Waals surface area (Å²) in [6, 6.07) is 21.9. The first-order valence-electron chi connectivity index (χ1n) is 11.5. The molecule has 0 radical (unpaired) electrons. The molecule has 3 aromatic rings. The van der Waals surface area contributed by atoms with Crippen LogP contribution in [-0.2, 0) is 14.4 Å². The maximum atomic E-state index is 13.8. The van der Waals surface area contributed by atoms with Gasteiger partial charge in [-0.1, -0.05) is 54.6 Å². The largest absolute Gasteiger partial charge is 0.478 e. The van der Waals surface area contributed by atoms with Gasteiger partial charge < -0.3 is 5.11 Å². The van der Waals surface area contributed by atoms with Gasteiger partial charge >= 0.3 is 5.97 Å². The van der Waals surface area contributed by atoms with E-state index in [0.29, 0.717) is 5.69 Å². The highest BCUT2D eigenvalue weighted by Crippen LogP contribution is 2.60. The molecular formula is C28H22N2O5. The van der Waals surface area contributed by atoms with E-state index in [-0.39, 0.29) is 35.9 Å². The topological polar surface area (TPSA) is 95.0 Å². The number of likely N-dealkylation sites (tertiary alicyclic amines) is 1. The third-order valence-electron chi connectivity index (χ3n) is 7.61. The number of nitrogens with zero attached hydrogens (tertiary/aromatic N) is 2. The minimum atomic E-state index is -1.12. The van der Waals surface area contributed by atoms with Crippen LogP contribution in [0.25, 0.3) is 0 Å². The molecule has 3 amide bonds. The molecule has 4 aliphatic rings. The van der Waals surface area contributed by atoms with Crippen LogP contribution in [0.1, 0.15) is 51.4 Å². The van der Waals surface area contributed by atoms with Crippen molar-refractivity contribution in [3.05, 3.63) is 101 Å². The van der Waals surface area contributed by atoms with E-state index in [0.717, 1.165) is 22.3 Å². The van der Waals surface area contributed by atoms with Gasteiger partial charge in [0.15, 0.2) is 0 Å². The molecule has 2 unspecified atom stereocenters. The summed E-state index contributed by atoms with van der Waals surface area (Å²) in [5, 5.41) is 9.35. The number of imide groups is 1. The van der Waals surface area contributed by atoms with Gasteiger partial charge in [-0.3, -0.25) is 24.2 Å². The van der Waals surface area contributed by atoms with E-state index in [1.807, 2.05) is 48.5 Å². The second-order valence-corrected chi connectivity index (χ2v) is 9.31.